The second-order valence-electron chi connectivity index (χ2n) is 7.29. The molecule has 2 aliphatic rings. The Balaban J connectivity index is 1.34. The first-order valence-corrected chi connectivity index (χ1v) is 8.67. The lowest BCUT2D eigenvalue weighted by Gasteiger charge is -2.28. The number of aromatic nitrogens is 2. The molecular formula is C19H23F2N3. The number of rotatable bonds is 5. The molecule has 0 saturated heterocycles. The molecule has 2 heterocycles. The minimum Gasteiger partial charge on any atom is -0.335 e. The summed E-state index contributed by atoms with van der Waals surface area (Å²) in [6.07, 6.45) is 5.93. The number of hydrogen-bond donors (Lipinski definition) is 0. The van der Waals surface area contributed by atoms with E-state index >= 15 is 0 Å². The maximum atomic E-state index is 14.2. The van der Waals surface area contributed by atoms with Gasteiger partial charge in [-0.15, -0.1) is 0 Å². The third kappa shape index (κ3) is 2.86. The fourth-order valence-corrected chi connectivity index (χ4v) is 4.17. The van der Waals surface area contributed by atoms with Gasteiger partial charge in [0.15, 0.2) is 0 Å². The summed E-state index contributed by atoms with van der Waals surface area (Å²) in [7, 11) is 1.97. The topological polar surface area (TPSA) is 21.1 Å². The van der Waals surface area contributed by atoms with Crippen molar-refractivity contribution >= 4 is 0 Å². The van der Waals surface area contributed by atoms with Crippen LogP contribution in [0.2, 0.25) is 0 Å². The van der Waals surface area contributed by atoms with Gasteiger partial charge in [0.25, 0.3) is 5.92 Å². The van der Waals surface area contributed by atoms with E-state index in [4.69, 9.17) is 0 Å². The number of aryl methyl sites for hydroxylation is 1. The zero-order valence-corrected chi connectivity index (χ0v) is 13.9. The van der Waals surface area contributed by atoms with E-state index in [0.29, 0.717) is 12.5 Å². The van der Waals surface area contributed by atoms with Gasteiger partial charge in [-0.1, -0.05) is 30.3 Å². The first-order valence-electron chi connectivity index (χ1n) is 8.67. The first kappa shape index (κ1) is 15.8. The van der Waals surface area contributed by atoms with Gasteiger partial charge in [-0.3, -0.25) is 0 Å². The molecule has 1 aromatic carbocycles. The second-order valence-corrected chi connectivity index (χ2v) is 7.29. The Labute approximate surface area is 141 Å². The molecule has 3 atom stereocenters. The normalized spacial score (nSPS) is 27.9. The number of fused-ring (bicyclic) bond motifs is 1. The summed E-state index contributed by atoms with van der Waals surface area (Å²) in [5, 5.41) is 0. The van der Waals surface area contributed by atoms with Gasteiger partial charge in [0.2, 0.25) is 0 Å². The molecule has 1 fully saturated rings. The summed E-state index contributed by atoms with van der Waals surface area (Å²) >= 11 is 0. The quantitative estimate of drug-likeness (QED) is 0.837. The average Bonchev–Trinajstić information content (AvgIpc) is 2.91. The molecule has 1 saturated carbocycles. The molecule has 0 bridgehead atoms. The Bertz CT molecular complexity index is 698. The lowest BCUT2D eigenvalue weighted by molar-refractivity contribution is 0.0832. The molecule has 0 spiro atoms. The summed E-state index contributed by atoms with van der Waals surface area (Å²) in [6.45, 7) is 2.27. The van der Waals surface area contributed by atoms with E-state index in [1.54, 1.807) is 0 Å². The highest BCUT2D eigenvalue weighted by Crippen LogP contribution is 2.61. The van der Waals surface area contributed by atoms with Crippen LogP contribution < -0.4 is 0 Å². The van der Waals surface area contributed by atoms with Crippen molar-refractivity contribution in [1.82, 2.24) is 14.5 Å². The van der Waals surface area contributed by atoms with Crippen molar-refractivity contribution < 1.29 is 8.78 Å². The molecule has 1 aliphatic carbocycles. The van der Waals surface area contributed by atoms with Crippen LogP contribution in [0.15, 0.2) is 42.7 Å². The van der Waals surface area contributed by atoms with Gasteiger partial charge in [0, 0.05) is 44.4 Å². The fraction of sp³-hybridized carbons (Fsp3) is 0.526. The Morgan fingerprint density at radius 3 is 2.83 bits per heavy atom. The monoisotopic (exact) mass is 331 g/mol. The van der Waals surface area contributed by atoms with Gasteiger partial charge >= 0.3 is 0 Å². The van der Waals surface area contributed by atoms with Crippen molar-refractivity contribution in [2.75, 3.05) is 20.1 Å². The zero-order chi connectivity index (χ0) is 16.7. The first-order chi connectivity index (χ1) is 11.6. The smallest absolute Gasteiger partial charge is 0.260 e. The van der Waals surface area contributed by atoms with Crippen LogP contribution in [0, 0.1) is 11.8 Å². The predicted octanol–water partition coefficient (Wildman–Crippen LogP) is 3.43. The van der Waals surface area contributed by atoms with E-state index < -0.39 is 17.8 Å². The van der Waals surface area contributed by atoms with Crippen LogP contribution in [0.5, 0.6) is 0 Å². The van der Waals surface area contributed by atoms with Gasteiger partial charge in [-0.25, -0.2) is 13.8 Å². The maximum Gasteiger partial charge on any atom is 0.260 e. The van der Waals surface area contributed by atoms with Gasteiger partial charge in [0.05, 0.1) is 5.92 Å². The number of alkyl halides is 2. The number of benzene rings is 1. The van der Waals surface area contributed by atoms with Crippen LogP contribution in [-0.4, -0.2) is 40.5 Å². The zero-order valence-electron chi connectivity index (χ0n) is 13.9. The van der Waals surface area contributed by atoms with Crippen molar-refractivity contribution in [3.05, 3.63) is 54.1 Å². The number of hydrogen-bond acceptors (Lipinski definition) is 2. The van der Waals surface area contributed by atoms with Crippen LogP contribution in [0.3, 0.4) is 0 Å². The Morgan fingerprint density at radius 1 is 1.25 bits per heavy atom. The molecule has 0 radical (unpaired) electrons. The van der Waals surface area contributed by atoms with Gasteiger partial charge in [-0.2, -0.15) is 0 Å². The molecule has 4 rings (SSSR count). The van der Waals surface area contributed by atoms with Crippen molar-refractivity contribution in [2.24, 2.45) is 11.8 Å². The standard InChI is InChI=1S/C19H23F2N3/c1-23(11-14-7-8-17-22-9-10-24(17)12-14)13-16-18(19(16,20)21)15-5-3-2-4-6-15/h2-6,9-10,14,16,18H,7-8,11-13H2,1H3/t14?,16-,18-/m1/s1. The predicted molar refractivity (Wildman–Crippen MR) is 89.2 cm³/mol. The van der Waals surface area contributed by atoms with Crippen LogP contribution in [0.1, 0.15) is 23.7 Å². The SMILES string of the molecule is CN(CC1CCc2nccn2C1)C[C@@H]1[C@@H](c2ccccc2)C1(F)F. The molecular weight excluding hydrogens is 308 g/mol. The van der Waals surface area contributed by atoms with Crippen molar-refractivity contribution in [3.63, 3.8) is 0 Å². The molecule has 0 N–H and O–H groups in total. The van der Waals surface area contributed by atoms with Crippen molar-refractivity contribution in [2.45, 2.75) is 31.2 Å². The molecule has 3 nitrogen and oxygen atoms in total. The molecule has 24 heavy (non-hydrogen) atoms. The summed E-state index contributed by atoms with van der Waals surface area (Å²) in [4.78, 5) is 6.43. The Morgan fingerprint density at radius 2 is 2.04 bits per heavy atom. The highest BCUT2D eigenvalue weighted by Gasteiger charge is 2.68. The van der Waals surface area contributed by atoms with Crippen LogP contribution in [-0.2, 0) is 13.0 Å². The Kier molecular flexibility index (Phi) is 3.91. The largest absolute Gasteiger partial charge is 0.335 e. The van der Waals surface area contributed by atoms with E-state index in [2.05, 4.69) is 14.5 Å². The second kappa shape index (κ2) is 5.96. The van der Waals surface area contributed by atoms with E-state index in [9.17, 15) is 8.78 Å². The number of halogens is 2. The number of imidazole rings is 1. The average molecular weight is 331 g/mol. The highest BCUT2D eigenvalue weighted by atomic mass is 19.3. The minimum absolute atomic E-state index is 0.458. The van der Waals surface area contributed by atoms with Crippen LogP contribution in [0.25, 0.3) is 0 Å². The Hall–Kier alpha value is -1.75. The third-order valence-corrected chi connectivity index (χ3v) is 5.47. The van der Waals surface area contributed by atoms with Crippen molar-refractivity contribution in [1.29, 1.82) is 0 Å². The summed E-state index contributed by atoms with van der Waals surface area (Å²) < 4.78 is 30.6. The highest BCUT2D eigenvalue weighted by molar-refractivity contribution is 5.32. The van der Waals surface area contributed by atoms with E-state index in [1.807, 2.05) is 49.8 Å². The van der Waals surface area contributed by atoms with E-state index in [1.165, 1.54) is 0 Å². The maximum absolute atomic E-state index is 14.2. The molecule has 1 aromatic heterocycles. The lowest BCUT2D eigenvalue weighted by Crippen LogP contribution is -2.33. The molecule has 5 heteroatoms. The van der Waals surface area contributed by atoms with Crippen molar-refractivity contribution in [3.8, 4) is 0 Å². The molecule has 0 amide bonds. The minimum atomic E-state index is -2.57. The third-order valence-electron chi connectivity index (χ3n) is 5.47. The van der Waals surface area contributed by atoms with Crippen LogP contribution in [0.4, 0.5) is 8.78 Å². The van der Waals surface area contributed by atoms with E-state index in [0.717, 1.165) is 37.3 Å². The van der Waals surface area contributed by atoms with E-state index in [-0.39, 0.29) is 0 Å². The summed E-state index contributed by atoms with van der Waals surface area (Å²) in [5.74, 6) is -2.09. The van der Waals surface area contributed by atoms with Gasteiger partial charge in [-0.05, 0) is 24.9 Å². The van der Waals surface area contributed by atoms with Gasteiger partial charge in [0.1, 0.15) is 5.82 Å². The lowest BCUT2D eigenvalue weighted by atomic mass is 9.99. The molecule has 1 aliphatic heterocycles. The number of nitrogens with zero attached hydrogens (tertiary/aromatic N) is 3. The van der Waals surface area contributed by atoms with Gasteiger partial charge < -0.3 is 9.47 Å². The molecule has 1 unspecified atom stereocenters. The summed E-state index contributed by atoms with van der Waals surface area (Å²) in [5.41, 5.74) is 0.765. The van der Waals surface area contributed by atoms with Crippen LogP contribution >= 0.6 is 0 Å². The molecule has 2 aromatic rings. The molecule has 128 valence electrons. The summed E-state index contributed by atoms with van der Waals surface area (Å²) in [6, 6.07) is 9.20. The fourth-order valence-electron chi connectivity index (χ4n) is 4.17.